The molecule has 0 bridgehead atoms. The number of nitrogens with zero attached hydrogens (tertiary/aromatic N) is 1. The molecule has 0 aliphatic rings. The Bertz CT molecular complexity index is 688. The molecule has 0 fully saturated rings. The van der Waals surface area contributed by atoms with Gasteiger partial charge in [-0.2, -0.15) is 0 Å². The molecule has 136 valence electrons. The minimum Gasteiger partial charge on any atom is -0.356 e. The molecule has 1 aromatic carbocycles. The van der Waals surface area contributed by atoms with E-state index in [1.165, 1.54) is 23.8 Å². The molecule has 2 aromatic rings. The Kier molecular flexibility index (Phi) is 9.12. The van der Waals surface area contributed by atoms with E-state index in [1.54, 1.807) is 0 Å². The molecule has 2 amide bonds. The zero-order valence-corrected chi connectivity index (χ0v) is 15.7. The smallest absolute Gasteiger partial charge is 0.227 e. The van der Waals surface area contributed by atoms with Crippen molar-refractivity contribution in [2.45, 2.75) is 26.2 Å². The highest BCUT2D eigenvalue weighted by Gasteiger charge is 2.07. The molecular weight excluding hydrogens is 360 g/mol. The molecule has 0 atom stereocenters. The van der Waals surface area contributed by atoms with Crippen molar-refractivity contribution < 1.29 is 9.59 Å². The third kappa shape index (κ3) is 7.21. The molecule has 0 saturated heterocycles. The number of nitrogens with one attached hydrogen (secondary N) is 2. The van der Waals surface area contributed by atoms with Crippen LogP contribution in [-0.4, -0.2) is 29.9 Å². The molecule has 1 heterocycles. The first-order chi connectivity index (χ1) is 11.6. The van der Waals surface area contributed by atoms with Crippen molar-refractivity contribution in [3.8, 4) is 11.3 Å². The fraction of sp³-hybridized carbons (Fsp3) is 0.353. The summed E-state index contributed by atoms with van der Waals surface area (Å²) in [5, 5.41) is 8.04. The second-order valence-corrected chi connectivity index (χ2v) is 6.27. The van der Waals surface area contributed by atoms with Crippen LogP contribution in [0.25, 0.3) is 11.3 Å². The van der Waals surface area contributed by atoms with Crippen molar-refractivity contribution in [2.24, 2.45) is 5.73 Å². The Morgan fingerprint density at radius 3 is 2.60 bits per heavy atom. The van der Waals surface area contributed by atoms with Gasteiger partial charge >= 0.3 is 0 Å². The maximum atomic E-state index is 11.5. The molecule has 1 aromatic heterocycles. The van der Waals surface area contributed by atoms with E-state index >= 15 is 0 Å². The van der Waals surface area contributed by atoms with Gasteiger partial charge in [-0.15, -0.1) is 23.7 Å². The van der Waals surface area contributed by atoms with Crippen molar-refractivity contribution in [3.63, 3.8) is 0 Å². The predicted octanol–water partition coefficient (Wildman–Crippen LogP) is 2.59. The fourth-order valence-electron chi connectivity index (χ4n) is 2.18. The van der Waals surface area contributed by atoms with Crippen molar-refractivity contribution in [2.75, 3.05) is 18.4 Å². The van der Waals surface area contributed by atoms with Crippen LogP contribution in [0.1, 0.15) is 25.3 Å². The number of amides is 2. The van der Waals surface area contributed by atoms with Gasteiger partial charge in [-0.05, 0) is 18.4 Å². The third-order valence-electron chi connectivity index (χ3n) is 3.39. The van der Waals surface area contributed by atoms with E-state index in [1.807, 2.05) is 17.5 Å². The molecule has 0 aliphatic heterocycles. The van der Waals surface area contributed by atoms with Gasteiger partial charge in [-0.3, -0.25) is 9.59 Å². The molecule has 0 spiro atoms. The number of hydrogen-bond acceptors (Lipinski definition) is 5. The monoisotopic (exact) mass is 382 g/mol. The summed E-state index contributed by atoms with van der Waals surface area (Å²) in [6, 6.07) is 8.17. The Labute approximate surface area is 157 Å². The first-order valence-corrected chi connectivity index (χ1v) is 8.75. The van der Waals surface area contributed by atoms with Gasteiger partial charge in [-0.1, -0.05) is 24.3 Å². The largest absolute Gasteiger partial charge is 0.356 e. The molecule has 0 aliphatic carbocycles. The number of rotatable bonds is 8. The Morgan fingerprint density at radius 2 is 1.96 bits per heavy atom. The maximum Gasteiger partial charge on any atom is 0.227 e. The minimum absolute atomic E-state index is 0. The molecule has 8 heteroatoms. The van der Waals surface area contributed by atoms with Gasteiger partial charge in [0.15, 0.2) is 5.13 Å². The van der Waals surface area contributed by atoms with Gasteiger partial charge in [0.25, 0.3) is 0 Å². The second-order valence-electron chi connectivity index (χ2n) is 5.41. The third-order valence-corrected chi connectivity index (χ3v) is 4.15. The number of aryl methyl sites for hydroxylation is 1. The maximum absolute atomic E-state index is 11.5. The quantitative estimate of drug-likeness (QED) is 0.611. The van der Waals surface area contributed by atoms with E-state index < -0.39 is 0 Å². The highest BCUT2D eigenvalue weighted by Crippen LogP contribution is 2.25. The van der Waals surface area contributed by atoms with Crippen LogP contribution in [0, 0.1) is 0 Å². The Balaban J connectivity index is 0.00000312. The number of nitrogens with two attached hydrogens (primary N) is 1. The van der Waals surface area contributed by atoms with Crippen molar-refractivity contribution >= 4 is 40.7 Å². The SMILES string of the molecule is CC(=O)NCCCc1ccc(-c2csc(NC(=O)CCN)n2)cc1.Cl. The van der Waals surface area contributed by atoms with E-state index in [4.69, 9.17) is 5.73 Å². The van der Waals surface area contributed by atoms with E-state index in [0.717, 1.165) is 24.1 Å². The molecular formula is C17H23ClN4O2S. The lowest BCUT2D eigenvalue weighted by molar-refractivity contribution is -0.119. The summed E-state index contributed by atoms with van der Waals surface area (Å²) in [4.78, 5) is 26.8. The van der Waals surface area contributed by atoms with Crippen molar-refractivity contribution in [1.29, 1.82) is 0 Å². The van der Waals surface area contributed by atoms with Crippen LogP contribution < -0.4 is 16.4 Å². The summed E-state index contributed by atoms with van der Waals surface area (Å²) in [5.41, 5.74) is 8.42. The van der Waals surface area contributed by atoms with Crippen LogP contribution in [0.3, 0.4) is 0 Å². The summed E-state index contributed by atoms with van der Waals surface area (Å²) in [6.07, 6.45) is 2.12. The van der Waals surface area contributed by atoms with E-state index in [2.05, 4.69) is 27.8 Å². The van der Waals surface area contributed by atoms with Crippen LogP contribution in [0.5, 0.6) is 0 Å². The van der Waals surface area contributed by atoms with Gasteiger partial charge in [0.05, 0.1) is 5.69 Å². The molecule has 2 rings (SSSR count). The molecule has 0 saturated carbocycles. The van der Waals surface area contributed by atoms with Gasteiger partial charge < -0.3 is 16.4 Å². The molecule has 0 radical (unpaired) electrons. The van der Waals surface area contributed by atoms with Gasteiger partial charge in [-0.25, -0.2) is 4.98 Å². The van der Waals surface area contributed by atoms with Gasteiger partial charge in [0.2, 0.25) is 11.8 Å². The zero-order chi connectivity index (χ0) is 17.4. The number of anilines is 1. The summed E-state index contributed by atoms with van der Waals surface area (Å²) in [5.74, 6) is -0.115. The van der Waals surface area contributed by atoms with Crippen LogP contribution in [0.4, 0.5) is 5.13 Å². The average Bonchev–Trinajstić information content (AvgIpc) is 3.00. The lowest BCUT2D eigenvalue weighted by atomic mass is 10.1. The van der Waals surface area contributed by atoms with Crippen LogP contribution in [0.15, 0.2) is 29.6 Å². The van der Waals surface area contributed by atoms with Crippen LogP contribution in [-0.2, 0) is 16.0 Å². The predicted molar refractivity (Wildman–Crippen MR) is 104 cm³/mol. The number of carbonyl (C=O) groups excluding carboxylic acids is 2. The van der Waals surface area contributed by atoms with Crippen LogP contribution in [0.2, 0.25) is 0 Å². The molecule has 25 heavy (non-hydrogen) atoms. The summed E-state index contributed by atoms with van der Waals surface area (Å²) >= 11 is 1.40. The van der Waals surface area contributed by atoms with E-state index in [9.17, 15) is 9.59 Å². The standard InChI is InChI=1S/C17H22N4O2S.ClH/c1-12(22)19-10-2-3-13-4-6-14(7-5-13)15-11-24-17(20-15)21-16(23)8-9-18;/h4-7,11H,2-3,8-10,18H2,1H3,(H,19,22)(H,20,21,23);1H. The highest BCUT2D eigenvalue weighted by atomic mass is 35.5. The Morgan fingerprint density at radius 1 is 1.24 bits per heavy atom. The molecule has 0 unspecified atom stereocenters. The number of hydrogen-bond donors (Lipinski definition) is 3. The lowest BCUT2D eigenvalue weighted by Crippen LogP contribution is -2.21. The molecule has 4 N–H and O–H groups in total. The normalized spacial score (nSPS) is 10.0. The summed E-state index contributed by atoms with van der Waals surface area (Å²) < 4.78 is 0. The Hall–Kier alpha value is -1.96. The summed E-state index contributed by atoms with van der Waals surface area (Å²) in [7, 11) is 0. The van der Waals surface area contributed by atoms with Gasteiger partial charge in [0, 0.05) is 37.4 Å². The fourth-order valence-corrected chi connectivity index (χ4v) is 2.91. The second kappa shape index (κ2) is 10.8. The van der Waals surface area contributed by atoms with E-state index in [-0.39, 0.29) is 24.2 Å². The highest BCUT2D eigenvalue weighted by molar-refractivity contribution is 7.14. The summed E-state index contributed by atoms with van der Waals surface area (Å²) in [6.45, 7) is 2.54. The number of thiazole rings is 1. The number of aromatic nitrogens is 1. The number of carbonyl (C=O) groups is 2. The topological polar surface area (TPSA) is 97.1 Å². The number of benzene rings is 1. The average molecular weight is 383 g/mol. The zero-order valence-electron chi connectivity index (χ0n) is 14.1. The first kappa shape index (κ1) is 21.1. The number of halogens is 1. The van der Waals surface area contributed by atoms with Crippen molar-refractivity contribution in [1.82, 2.24) is 10.3 Å². The first-order valence-electron chi connectivity index (χ1n) is 7.87. The lowest BCUT2D eigenvalue weighted by Gasteiger charge is -2.04. The van der Waals surface area contributed by atoms with E-state index in [0.29, 0.717) is 24.6 Å². The van der Waals surface area contributed by atoms with Gasteiger partial charge in [0.1, 0.15) is 0 Å². The minimum atomic E-state index is -0.118. The van der Waals surface area contributed by atoms with Crippen LogP contribution >= 0.6 is 23.7 Å². The molecule has 6 nitrogen and oxygen atoms in total. The van der Waals surface area contributed by atoms with Crippen molar-refractivity contribution in [3.05, 3.63) is 35.2 Å².